The molecule has 0 unspecified atom stereocenters. The Morgan fingerprint density at radius 2 is 1.96 bits per heavy atom. The molecule has 9 heteroatoms. The monoisotopic (exact) mass is 361 g/mol. The van der Waals surface area contributed by atoms with Crippen LogP contribution in [0.4, 0.5) is 0 Å². The van der Waals surface area contributed by atoms with Gasteiger partial charge >= 0.3 is 0 Å². The number of aryl methyl sites for hydroxylation is 1. The molecule has 7 nitrogen and oxygen atoms in total. The third-order valence-electron chi connectivity index (χ3n) is 3.39. The highest BCUT2D eigenvalue weighted by atomic mass is 35.5. The molecular formula is C15H9Cl2N5O2. The summed E-state index contributed by atoms with van der Waals surface area (Å²) in [6.07, 6.45) is 5.28. The third-order valence-corrected chi connectivity index (χ3v) is 4.01. The van der Waals surface area contributed by atoms with Gasteiger partial charge in [0.15, 0.2) is 5.65 Å². The molecule has 4 aromatic rings. The number of fused-ring (bicyclic) bond motifs is 1. The van der Waals surface area contributed by atoms with Crippen LogP contribution < -0.4 is 0 Å². The Kier molecular flexibility index (Phi) is 3.40. The summed E-state index contributed by atoms with van der Waals surface area (Å²) in [5.74, 6) is 0.382. The zero-order valence-corrected chi connectivity index (χ0v) is 13.7. The molecule has 0 bridgehead atoms. The Morgan fingerprint density at radius 3 is 2.79 bits per heavy atom. The molecule has 1 N–H and O–H groups in total. The fourth-order valence-electron chi connectivity index (χ4n) is 2.25. The minimum absolute atomic E-state index is 0.114. The van der Waals surface area contributed by atoms with Crippen LogP contribution in [0.15, 0.2) is 35.2 Å². The predicted molar refractivity (Wildman–Crippen MR) is 88.1 cm³/mol. The first kappa shape index (κ1) is 14.9. The Balaban J connectivity index is 1.78. The van der Waals surface area contributed by atoms with Crippen LogP contribution in [0, 0.1) is 6.92 Å². The molecular weight excluding hydrogens is 353 g/mol. The molecule has 0 amide bonds. The second-order valence-corrected chi connectivity index (χ2v) is 5.94. The van der Waals surface area contributed by atoms with Crippen LogP contribution in [0.5, 0.6) is 5.75 Å². The predicted octanol–water partition coefficient (Wildman–Crippen LogP) is 3.77. The SMILES string of the molecule is Cc1cn2cc(-c3nc(-c4cc(Cl)c(O)cc4Cl)no3)nc2cn1. The lowest BCUT2D eigenvalue weighted by Gasteiger charge is -2.01. The molecule has 0 atom stereocenters. The average molecular weight is 362 g/mol. The van der Waals surface area contributed by atoms with Crippen molar-refractivity contribution in [2.24, 2.45) is 0 Å². The van der Waals surface area contributed by atoms with E-state index < -0.39 is 0 Å². The number of imidazole rings is 1. The van der Waals surface area contributed by atoms with E-state index in [1.165, 1.54) is 12.1 Å². The summed E-state index contributed by atoms with van der Waals surface area (Å²) in [4.78, 5) is 12.9. The van der Waals surface area contributed by atoms with Gasteiger partial charge in [0.25, 0.3) is 5.89 Å². The number of hydrogen-bond acceptors (Lipinski definition) is 6. The largest absolute Gasteiger partial charge is 0.506 e. The van der Waals surface area contributed by atoms with Gasteiger partial charge in [0.2, 0.25) is 5.82 Å². The van der Waals surface area contributed by atoms with Crippen molar-refractivity contribution in [1.82, 2.24) is 24.5 Å². The van der Waals surface area contributed by atoms with Crippen LogP contribution in [-0.4, -0.2) is 29.6 Å². The molecule has 0 saturated heterocycles. The molecule has 3 aromatic heterocycles. The smallest absolute Gasteiger partial charge is 0.278 e. The molecule has 0 aliphatic heterocycles. The fourth-order valence-corrected chi connectivity index (χ4v) is 2.65. The second kappa shape index (κ2) is 5.47. The van der Waals surface area contributed by atoms with Crippen molar-refractivity contribution < 1.29 is 9.63 Å². The van der Waals surface area contributed by atoms with Crippen molar-refractivity contribution in [3.63, 3.8) is 0 Å². The summed E-state index contributed by atoms with van der Waals surface area (Å²) in [6.45, 7) is 1.89. The molecule has 0 aliphatic carbocycles. The van der Waals surface area contributed by atoms with Crippen molar-refractivity contribution in [3.8, 4) is 28.7 Å². The first-order valence-corrected chi connectivity index (χ1v) is 7.60. The van der Waals surface area contributed by atoms with E-state index in [0.717, 1.165) is 5.69 Å². The lowest BCUT2D eigenvalue weighted by Crippen LogP contribution is -1.87. The number of phenols is 1. The zero-order chi connectivity index (χ0) is 16.8. The topological polar surface area (TPSA) is 89.3 Å². The van der Waals surface area contributed by atoms with E-state index in [2.05, 4.69) is 20.1 Å². The van der Waals surface area contributed by atoms with Gasteiger partial charge in [-0.25, -0.2) is 4.98 Å². The quantitative estimate of drug-likeness (QED) is 0.584. The van der Waals surface area contributed by atoms with Gasteiger partial charge in [-0.3, -0.25) is 4.98 Å². The zero-order valence-electron chi connectivity index (χ0n) is 12.2. The Bertz CT molecular complexity index is 1070. The van der Waals surface area contributed by atoms with Crippen molar-refractivity contribution in [3.05, 3.63) is 46.5 Å². The van der Waals surface area contributed by atoms with E-state index in [1.54, 1.807) is 12.4 Å². The van der Waals surface area contributed by atoms with Gasteiger partial charge in [0.1, 0.15) is 11.4 Å². The molecule has 3 heterocycles. The van der Waals surface area contributed by atoms with Gasteiger partial charge in [-0.05, 0) is 13.0 Å². The molecule has 0 radical (unpaired) electrons. The lowest BCUT2D eigenvalue weighted by molar-refractivity contribution is 0.431. The van der Waals surface area contributed by atoms with Crippen LogP contribution in [0.1, 0.15) is 5.69 Å². The first-order valence-electron chi connectivity index (χ1n) is 6.85. The second-order valence-electron chi connectivity index (χ2n) is 5.13. The van der Waals surface area contributed by atoms with Gasteiger partial charge in [-0.1, -0.05) is 28.4 Å². The van der Waals surface area contributed by atoms with E-state index >= 15 is 0 Å². The number of nitrogens with zero attached hydrogens (tertiary/aromatic N) is 5. The molecule has 0 aliphatic rings. The van der Waals surface area contributed by atoms with Crippen molar-refractivity contribution >= 4 is 28.8 Å². The highest BCUT2D eigenvalue weighted by Gasteiger charge is 2.17. The normalized spacial score (nSPS) is 11.3. The summed E-state index contributed by atoms with van der Waals surface area (Å²) < 4.78 is 7.09. The van der Waals surface area contributed by atoms with Gasteiger partial charge in [-0.2, -0.15) is 4.98 Å². The van der Waals surface area contributed by atoms with Crippen LogP contribution >= 0.6 is 23.2 Å². The van der Waals surface area contributed by atoms with Gasteiger partial charge in [0, 0.05) is 24.0 Å². The standard InChI is InChI=1S/C15H9Cl2N5O2/c1-7-5-22-6-11(19-13(22)4-18-7)15-20-14(21-24-15)8-2-10(17)12(23)3-9(8)16/h2-6,23H,1H3. The molecule has 1 aromatic carbocycles. The molecule has 120 valence electrons. The highest BCUT2D eigenvalue weighted by Crippen LogP contribution is 2.35. The Hall–Kier alpha value is -2.64. The van der Waals surface area contributed by atoms with E-state index in [9.17, 15) is 5.11 Å². The average Bonchev–Trinajstić information content (AvgIpc) is 3.16. The highest BCUT2D eigenvalue weighted by molar-refractivity contribution is 6.36. The molecule has 24 heavy (non-hydrogen) atoms. The van der Waals surface area contributed by atoms with Crippen LogP contribution in [-0.2, 0) is 0 Å². The van der Waals surface area contributed by atoms with Crippen molar-refractivity contribution in [2.45, 2.75) is 6.92 Å². The van der Waals surface area contributed by atoms with Gasteiger partial charge in [0.05, 0.1) is 21.9 Å². The maximum atomic E-state index is 9.56. The summed E-state index contributed by atoms with van der Waals surface area (Å²) in [5, 5.41) is 13.9. The van der Waals surface area contributed by atoms with Crippen LogP contribution in [0.25, 0.3) is 28.6 Å². The number of halogens is 2. The van der Waals surface area contributed by atoms with E-state index in [0.29, 0.717) is 16.9 Å². The maximum absolute atomic E-state index is 9.56. The number of phenolic OH excluding ortho intramolecular Hbond substituents is 1. The summed E-state index contributed by atoms with van der Waals surface area (Å²) in [6, 6.07) is 2.80. The maximum Gasteiger partial charge on any atom is 0.278 e. The van der Waals surface area contributed by atoms with Crippen LogP contribution in [0.3, 0.4) is 0 Å². The number of benzene rings is 1. The molecule has 0 fully saturated rings. The number of aromatic nitrogens is 5. The van der Waals surface area contributed by atoms with E-state index in [4.69, 9.17) is 27.7 Å². The summed E-state index contributed by atoms with van der Waals surface area (Å²) >= 11 is 12.0. The third kappa shape index (κ3) is 2.47. The lowest BCUT2D eigenvalue weighted by atomic mass is 10.2. The van der Waals surface area contributed by atoms with Crippen molar-refractivity contribution in [1.29, 1.82) is 0 Å². The summed E-state index contributed by atoms with van der Waals surface area (Å²) in [7, 11) is 0. The number of hydrogen-bond donors (Lipinski definition) is 1. The fraction of sp³-hybridized carbons (Fsp3) is 0.0667. The van der Waals surface area contributed by atoms with Crippen LogP contribution in [0.2, 0.25) is 10.0 Å². The molecule has 4 rings (SSSR count). The minimum atomic E-state index is -0.114. The van der Waals surface area contributed by atoms with Gasteiger partial charge in [-0.15, -0.1) is 0 Å². The van der Waals surface area contributed by atoms with Gasteiger partial charge < -0.3 is 14.0 Å². The number of aromatic hydroxyl groups is 1. The first-order chi connectivity index (χ1) is 11.5. The van der Waals surface area contributed by atoms with E-state index in [-0.39, 0.29) is 27.5 Å². The molecule has 0 spiro atoms. The van der Waals surface area contributed by atoms with E-state index in [1.807, 2.05) is 17.5 Å². The number of rotatable bonds is 2. The summed E-state index contributed by atoms with van der Waals surface area (Å²) in [5.41, 5.74) is 2.50. The molecule has 0 saturated carbocycles. The minimum Gasteiger partial charge on any atom is -0.506 e. The Labute approximate surface area is 145 Å². The van der Waals surface area contributed by atoms with Crippen molar-refractivity contribution in [2.75, 3.05) is 0 Å². The Morgan fingerprint density at radius 1 is 1.12 bits per heavy atom.